The van der Waals surface area contributed by atoms with Crippen LogP contribution in [0, 0.1) is 5.82 Å². The number of phenolic OH excluding ortho intramolecular Hbond substituents is 1. The Hall–Kier alpha value is -2.62. The smallest absolute Gasteiger partial charge is 0.231 e. The molecule has 0 saturated heterocycles. The summed E-state index contributed by atoms with van der Waals surface area (Å²) in [6.45, 7) is 0. The third kappa shape index (κ3) is 1.97. The maximum atomic E-state index is 13.5. The fraction of sp³-hybridized carbons (Fsp3) is 0. The van der Waals surface area contributed by atoms with Gasteiger partial charge in [0.2, 0.25) is 5.78 Å². The van der Waals surface area contributed by atoms with Crippen LogP contribution < -0.4 is 4.74 Å². The second-order valence-electron chi connectivity index (χ2n) is 4.14. The quantitative estimate of drug-likeness (QED) is 0.797. The molecule has 1 N–H and O–H groups in total. The molecule has 2 aromatic rings. The van der Waals surface area contributed by atoms with Crippen molar-refractivity contribution in [3.8, 4) is 11.5 Å². The Balaban J connectivity index is 2.02. The van der Waals surface area contributed by atoms with Crippen LogP contribution in [0.25, 0.3) is 6.08 Å². The summed E-state index contributed by atoms with van der Waals surface area (Å²) < 4.78 is 18.9. The average Bonchev–Trinajstić information content (AvgIpc) is 2.68. The van der Waals surface area contributed by atoms with E-state index in [0.29, 0.717) is 5.56 Å². The van der Waals surface area contributed by atoms with Crippen LogP contribution in [0.3, 0.4) is 0 Å². The number of ketones is 1. The Kier molecular flexibility index (Phi) is 2.56. The number of ether oxygens (including phenoxy) is 1. The molecule has 19 heavy (non-hydrogen) atoms. The van der Waals surface area contributed by atoms with Gasteiger partial charge in [0.05, 0.1) is 5.56 Å². The Morgan fingerprint density at radius 2 is 1.95 bits per heavy atom. The predicted octanol–water partition coefficient (Wildman–Crippen LogP) is 3.15. The van der Waals surface area contributed by atoms with Crippen LogP contribution in [-0.2, 0) is 0 Å². The van der Waals surface area contributed by atoms with Crippen molar-refractivity contribution in [3.63, 3.8) is 0 Å². The third-order valence-corrected chi connectivity index (χ3v) is 2.85. The number of benzene rings is 2. The van der Waals surface area contributed by atoms with Gasteiger partial charge in [0, 0.05) is 11.6 Å². The van der Waals surface area contributed by atoms with Crippen molar-refractivity contribution in [2.75, 3.05) is 0 Å². The molecule has 94 valence electrons. The molecule has 4 heteroatoms. The zero-order valence-electron chi connectivity index (χ0n) is 9.76. The molecule has 0 aromatic heterocycles. The van der Waals surface area contributed by atoms with E-state index in [1.807, 2.05) is 0 Å². The van der Waals surface area contributed by atoms with E-state index in [4.69, 9.17) is 4.74 Å². The van der Waals surface area contributed by atoms with Gasteiger partial charge < -0.3 is 9.84 Å². The first kappa shape index (κ1) is 11.5. The summed E-state index contributed by atoms with van der Waals surface area (Å²) in [5.41, 5.74) is 0.642. The number of halogens is 1. The molecule has 2 aromatic carbocycles. The zero-order valence-corrected chi connectivity index (χ0v) is 9.76. The monoisotopic (exact) mass is 256 g/mol. The van der Waals surface area contributed by atoms with Gasteiger partial charge in [-0.15, -0.1) is 0 Å². The molecule has 1 aliphatic rings. The second-order valence-corrected chi connectivity index (χ2v) is 4.14. The summed E-state index contributed by atoms with van der Waals surface area (Å²) in [4.78, 5) is 12.0. The molecule has 0 radical (unpaired) electrons. The Labute approximate surface area is 108 Å². The Bertz CT molecular complexity index is 704. The van der Waals surface area contributed by atoms with E-state index in [9.17, 15) is 14.3 Å². The number of allylic oxidation sites excluding steroid dienone is 1. The summed E-state index contributed by atoms with van der Waals surface area (Å²) in [6, 6.07) is 10.4. The number of Topliss-reactive ketones (excluding diaryl/α,β-unsaturated/α-hetero) is 1. The van der Waals surface area contributed by atoms with Gasteiger partial charge in [-0.25, -0.2) is 4.39 Å². The molecule has 0 atom stereocenters. The molecule has 0 unspecified atom stereocenters. The topological polar surface area (TPSA) is 46.5 Å². The first-order chi connectivity index (χ1) is 9.15. The minimum absolute atomic E-state index is 0.0127. The molecule has 1 heterocycles. The minimum atomic E-state index is -0.426. The van der Waals surface area contributed by atoms with E-state index in [1.165, 1.54) is 30.3 Å². The Morgan fingerprint density at radius 1 is 1.16 bits per heavy atom. The van der Waals surface area contributed by atoms with Gasteiger partial charge in [-0.3, -0.25) is 4.79 Å². The average molecular weight is 256 g/mol. The lowest BCUT2D eigenvalue weighted by Gasteiger charge is -1.99. The molecule has 0 spiro atoms. The maximum absolute atomic E-state index is 13.5. The number of phenols is 1. The second kappa shape index (κ2) is 4.24. The van der Waals surface area contributed by atoms with E-state index in [2.05, 4.69) is 0 Å². The number of aromatic hydroxyl groups is 1. The molecule has 0 aliphatic carbocycles. The van der Waals surface area contributed by atoms with Crippen LogP contribution in [0.2, 0.25) is 0 Å². The molecular formula is C15H9FO3. The highest BCUT2D eigenvalue weighted by atomic mass is 19.1. The van der Waals surface area contributed by atoms with Gasteiger partial charge in [-0.1, -0.05) is 18.2 Å². The summed E-state index contributed by atoms with van der Waals surface area (Å²) in [6.07, 6.45) is 1.36. The van der Waals surface area contributed by atoms with Crippen molar-refractivity contribution in [3.05, 3.63) is 65.2 Å². The van der Waals surface area contributed by atoms with Crippen molar-refractivity contribution in [2.24, 2.45) is 0 Å². The normalized spacial score (nSPS) is 15.4. The fourth-order valence-corrected chi connectivity index (χ4v) is 1.91. The predicted molar refractivity (Wildman–Crippen MR) is 67.4 cm³/mol. The first-order valence-electron chi connectivity index (χ1n) is 5.67. The van der Waals surface area contributed by atoms with Gasteiger partial charge >= 0.3 is 0 Å². The molecule has 0 amide bonds. The van der Waals surface area contributed by atoms with Crippen LogP contribution >= 0.6 is 0 Å². The highest BCUT2D eigenvalue weighted by molar-refractivity contribution is 6.14. The molecule has 3 rings (SSSR count). The third-order valence-electron chi connectivity index (χ3n) is 2.85. The van der Waals surface area contributed by atoms with Crippen LogP contribution in [0.15, 0.2) is 48.2 Å². The molecule has 1 aliphatic heterocycles. The lowest BCUT2D eigenvalue weighted by atomic mass is 10.1. The summed E-state index contributed by atoms with van der Waals surface area (Å²) in [5.74, 6) is -0.402. The Morgan fingerprint density at radius 3 is 2.74 bits per heavy atom. The van der Waals surface area contributed by atoms with E-state index in [1.54, 1.807) is 18.2 Å². The van der Waals surface area contributed by atoms with Gasteiger partial charge in [-0.05, 0) is 24.3 Å². The van der Waals surface area contributed by atoms with E-state index in [-0.39, 0.29) is 28.6 Å². The number of hydrogen-bond donors (Lipinski definition) is 1. The largest absolute Gasteiger partial charge is 0.508 e. The minimum Gasteiger partial charge on any atom is -0.508 e. The van der Waals surface area contributed by atoms with E-state index >= 15 is 0 Å². The number of hydrogen-bond acceptors (Lipinski definition) is 3. The maximum Gasteiger partial charge on any atom is 0.231 e. The lowest BCUT2D eigenvalue weighted by molar-refractivity contribution is 0.101. The van der Waals surface area contributed by atoms with Crippen LogP contribution in [-0.4, -0.2) is 10.9 Å². The SMILES string of the molecule is O=C1C(=Cc2ccccc2F)Oc2cc(O)ccc21. The van der Waals surface area contributed by atoms with Crippen molar-refractivity contribution in [2.45, 2.75) is 0 Å². The van der Waals surface area contributed by atoms with Crippen molar-refractivity contribution in [1.82, 2.24) is 0 Å². The number of carbonyl (C=O) groups is 1. The molecule has 0 saturated carbocycles. The van der Waals surface area contributed by atoms with Gasteiger partial charge in [-0.2, -0.15) is 0 Å². The van der Waals surface area contributed by atoms with Gasteiger partial charge in [0.15, 0.2) is 5.76 Å². The van der Waals surface area contributed by atoms with E-state index < -0.39 is 5.82 Å². The molecule has 3 nitrogen and oxygen atoms in total. The standard InChI is InChI=1S/C15H9FO3/c16-12-4-2-1-3-9(12)7-14-15(18)11-6-5-10(17)8-13(11)19-14/h1-8,17H. The van der Waals surface area contributed by atoms with Crippen molar-refractivity contribution in [1.29, 1.82) is 0 Å². The number of carbonyl (C=O) groups excluding carboxylic acids is 1. The van der Waals surface area contributed by atoms with E-state index in [0.717, 1.165) is 0 Å². The summed E-state index contributed by atoms with van der Waals surface area (Å²) in [5, 5.41) is 9.33. The summed E-state index contributed by atoms with van der Waals surface area (Å²) >= 11 is 0. The van der Waals surface area contributed by atoms with Crippen molar-refractivity contribution >= 4 is 11.9 Å². The van der Waals surface area contributed by atoms with Crippen LogP contribution in [0.5, 0.6) is 11.5 Å². The molecule has 0 fully saturated rings. The highest BCUT2D eigenvalue weighted by Gasteiger charge is 2.27. The number of fused-ring (bicyclic) bond motifs is 1. The molecular weight excluding hydrogens is 247 g/mol. The van der Waals surface area contributed by atoms with Crippen LogP contribution in [0.1, 0.15) is 15.9 Å². The fourth-order valence-electron chi connectivity index (χ4n) is 1.91. The number of rotatable bonds is 1. The van der Waals surface area contributed by atoms with Crippen molar-refractivity contribution < 1.29 is 19.0 Å². The van der Waals surface area contributed by atoms with Crippen LogP contribution in [0.4, 0.5) is 4.39 Å². The highest BCUT2D eigenvalue weighted by Crippen LogP contribution is 2.34. The lowest BCUT2D eigenvalue weighted by Crippen LogP contribution is -1.98. The first-order valence-corrected chi connectivity index (χ1v) is 5.67. The zero-order chi connectivity index (χ0) is 13.4. The summed E-state index contributed by atoms with van der Waals surface area (Å²) in [7, 11) is 0. The van der Waals surface area contributed by atoms with Gasteiger partial charge in [0.25, 0.3) is 0 Å². The van der Waals surface area contributed by atoms with Gasteiger partial charge in [0.1, 0.15) is 17.3 Å². The molecule has 0 bridgehead atoms.